The van der Waals surface area contributed by atoms with E-state index in [4.69, 9.17) is 17.3 Å². The molecule has 1 amide bonds. The third kappa shape index (κ3) is 1.06. The number of carbonyl (C=O) groups excluding carboxylic acids is 1. The molecule has 1 atom stereocenters. The molecule has 0 aliphatic carbocycles. The normalized spacial score (nSPS) is 24.3. The third-order valence-electron chi connectivity index (χ3n) is 2.37. The third-order valence-corrected chi connectivity index (χ3v) is 2.61. The van der Waals surface area contributed by atoms with Gasteiger partial charge in [-0.3, -0.25) is 4.79 Å². The minimum atomic E-state index is -1.15. The Bertz CT molecular complexity index is 430. The SMILES string of the molecule is C=C[C@]1(N)C(=O)Nc2ccc(Cl)cc21. The quantitative estimate of drug-likeness (QED) is 0.690. The van der Waals surface area contributed by atoms with Gasteiger partial charge in [-0.1, -0.05) is 17.7 Å². The second kappa shape index (κ2) is 2.83. The molecule has 4 heteroatoms. The maximum Gasteiger partial charge on any atom is 0.253 e. The van der Waals surface area contributed by atoms with Gasteiger partial charge in [-0.15, -0.1) is 6.58 Å². The molecule has 1 aliphatic heterocycles. The molecule has 3 N–H and O–H groups in total. The van der Waals surface area contributed by atoms with Gasteiger partial charge >= 0.3 is 0 Å². The molecule has 72 valence electrons. The van der Waals surface area contributed by atoms with Crippen molar-refractivity contribution in [2.45, 2.75) is 5.54 Å². The molecular weight excluding hydrogens is 200 g/mol. The van der Waals surface area contributed by atoms with Crippen molar-refractivity contribution >= 4 is 23.2 Å². The first-order chi connectivity index (χ1) is 6.58. The fourth-order valence-corrected chi connectivity index (χ4v) is 1.69. The summed E-state index contributed by atoms with van der Waals surface area (Å²) < 4.78 is 0. The Kier molecular flexibility index (Phi) is 1.87. The topological polar surface area (TPSA) is 55.1 Å². The van der Waals surface area contributed by atoms with E-state index >= 15 is 0 Å². The highest BCUT2D eigenvalue weighted by molar-refractivity contribution is 6.31. The number of anilines is 1. The molecule has 0 saturated carbocycles. The fraction of sp³-hybridized carbons (Fsp3) is 0.100. The summed E-state index contributed by atoms with van der Waals surface area (Å²) in [6, 6.07) is 5.11. The lowest BCUT2D eigenvalue weighted by atomic mass is 9.93. The fourth-order valence-electron chi connectivity index (χ4n) is 1.52. The van der Waals surface area contributed by atoms with E-state index in [2.05, 4.69) is 11.9 Å². The van der Waals surface area contributed by atoms with Crippen LogP contribution in [0.2, 0.25) is 5.02 Å². The lowest BCUT2D eigenvalue weighted by Gasteiger charge is -2.16. The van der Waals surface area contributed by atoms with E-state index < -0.39 is 5.54 Å². The first-order valence-electron chi connectivity index (χ1n) is 4.12. The predicted molar refractivity (Wildman–Crippen MR) is 56.1 cm³/mol. The average molecular weight is 209 g/mol. The zero-order valence-corrected chi connectivity index (χ0v) is 8.14. The van der Waals surface area contributed by atoms with Crippen molar-refractivity contribution in [3.63, 3.8) is 0 Å². The summed E-state index contributed by atoms with van der Waals surface area (Å²) in [4.78, 5) is 11.5. The van der Waals surface area contributed by atoms with E-state index in [0.717, 1.165) is 0 Å². The summed E-state index contributed by atoms with van der Waals surface area (Å²) in [5.41, 5.74) is 6.11. The van der Waals surface area contributed by atoms with Gasteiger partial charge < -0.3 is 11.1 Å². The molecule has 0 aromatic heterocycles. The van der Waals surface area contributed by atoms with Crippen LogP contribution in [-0.4, -0.2) is 5.91 Å². The molecule has 1 aromatic carbocycles. The molecule has 1 aliphatic rings. The minimum absolute atomic E-state index is 0.273. The van der Waals surface area contributed by atoms with Gasteiger partial charge in [0.1, 0.15) is 5.54 Å². The number of rotatable bonds is 1. The molecule has 14 heavy (non-hydrogen) atoms. The van der Waals surface area contributed by atoms with Gasteiger partial charge in [0.05, 0.1) is 0 Å². The smallest absolute Gasteiger partial charge is 0.253 e. The average Bonchev–Trinajstić information content (AvgIpc) is 2.41. The van der Waals surface area contributed by atoms with Crippen LogP contribution in [0.1, 0.15) is 5.56 Å². The molecule has 0 unspecified atom stereocenters. The first-order valence-corrected chi connectivity index (χ1v) is 4.49. The lowest BCUT2D eigenvalue weighted by molar-refractivity contribution is -0.119. The first kappa shape index (κ1) is 9.24. The highest BCUT2D eigenvalue weighted by Gasteiger charge is 2.40. The number of halogens is 1. The van der Waals surface area contributed by atoms with Gasteiger partial charge in [0, 0.05) is 16.3 Å². The largest absolute Gasteiger partial charge is 0.324 e. The number of benzene rings is 1. The summed E-state index contributed by atoms with van der Waals surface area (Å²) in [5.74, 6) is -0.273. The summed E-state index contributed by atoms with van der Waals surface area (Å²) in [7, 11) is 0. The monoisotopic (exact) mass is 208 g/mol. The standard InChI is InChI=1S/C10H9ClN2O/c1-2-10(12)7-5-6(11)3-4-8(7)13-9(10)14/h2-5H,1,12H2,(H,13,14)/t10-/m1/s1. The van der Waals surface area contributed by atoms with Gasteiger partial charge in [0.25, 0.3) is 5.91 Å². The van der Waals surface area contributed by atoms with Crippen molar-refractivity contribution in [1.29, 1.82) is 0 Å². The van der Waals surface area contributed by atoms with Crippen molar-refractivity contribution < 1.29 is 4.79 Å². The summed E-state index contributed by atoms with van der Waals surface area (Å²) in [6.45, 7) is 3.56. The number of nitrogens with two attached hydrogens (primary N) is 1. The van der Waals surface area contributed by atoms with E-state index in [0.29, 0.717) is 16.3 Å². The number of fused-ring (bicyclic) bond motifs is 1. The summed E-state index contributed by atoms with van der Waals surface area (Å²) in [6.07, 6.45) is 1.42. The number of hydrogen-bond donors (Lipinski definition) is 2. The predicted octanol–water partition coefficient (Wildman–Crippen LogP) is 1.63. The van der Waals surface area contributed by atoms with Crippen LogP contribution in [0.15, 0.2) is 30.9 Å². The molecule has 0 saturated heterocycles. The number of nitrogens with one attached hydrogen (secondary N) is 1. The molecule has 2 rings (SSSR count). The van der Waals surface area contributed by atoms with Crippen LogP contribution in [0.3, 0.4) is 0 Å². The molecule has 0 spiro atoms. The second-order valence-corrected chi connectivity index (χ2v) is 3.65. The highest BCUT2D eigenvalue weighted by Crippen LogP contribution is 2.36. The number of carbonyl (C=O) groups is 1. The minimum Gasteiger partial charge on any atom is -0.324 e. The Morgan fingerprint density at radius 3 is 2.93 bits per heavy atom. The maximum atomic E-state index is 11.5. The van der Waals surface area contributed by atoms with Gasteiger partial charge in [0.2, 0.25) is 0 Å². The van der Waals surface area contributed by atoms with E-state index in [1.165, 1.54) is 6.08 Å². The van der Waals surface area contributed by atoms with Crippen molar-refractivity contribution in [3.8, 4) is 0 Å². The molecule has 0 fully saturated rings. The number of hydrogen-bond acceptors (Lipinski definition) is 2. The van der Waals surface area contributed by atoms with Crippen LogP contribution < -0.4 is 11.1 Å². The zero-order chi connectivity index (χ0) is 10.3. The Balaban J connectivity index is 2.67. The molecule has 0 bridgehead atoms. The van der Waals surface area contributed by atoms with E-state index in [-0.39, 0.29) is 5.91 Å². The maximum absolute atomic E-state index is 11.5. The molecule has 1 aromatic rings. The summed E-state index contributed by atoms with van der Waals surface area (Å²) in [5, 5.41) is 3.22. The molecule has 0 radical (unpaired) electrons. The summed E-state index contributed by atoms with van der Waals surface area (Å²) >= 11 is 5.83. The van der Waals surface area contributed by atoms with Crippen molar-refractivity contribution in [3.05, 3.63) is 41.4 Å². The zero-order valence-electron chi connectivity index (χ0n) is 7.38. The van der Waals surface area contributed by atoms with Gasteiger partial charge in [0.15, 0.2) is 0 Å². The van der Waals surface area contributed by atoms with Crippen LogP contribution in [0.5, 0.6) is 0 Å². The molecular formula is C10H9ClN2O. The van der Waals surface area contributed by atoms with Gasteiger partial charge in [-0.2, -0.15) is 0 Å². The second-order valence-electron chi connectivity index (χ2n) is 3.22. The van der Waals surface area contributed by atoms with Crippen molar-refractivity contribution in [2.24, 2.45) is 5.73 Å². The van der Waals surface area contributed by atoms with E-state index in [9.17, 15) is 4.79 Å². The Morgan fingerprint density at radius 2 is 2.29 bits per heavy atom. The van der Waals surface area contributed by atoms with Crippen molar-refractivity contribution in [2.75, 3.05) is 5.32 Å². The highest BCUT2D eigenvalue weighted by atomic mass is 35.5. The Hall–Kier alpha value is -1.32. The van der Waals surface area contributed by atoms with Crippen LogP contribution in [-0.2, 0) is 10.3 Å². The molecule has 3 nitrogen and oxygen atoms in total. The van der Waals surface area contributed by atoms with Gasteiger partial charge in [-0.25, -0.2) is 0 Å². The van der Waals surface area contributed by atoms with Crippen LogP contribution in [0.4, 0.5) is 5.69 Å². The Morgan fingerprint density at radius 1 is 1.57 bits per heavy atom. The molecule has 1 heterocycles. The van der Waals surface area contributed by atoms with Crippen LogP contribution >= 0.6 is 11.6 Å². The van der Waals surface area contributed by atoms with Crippen LogP contribution in [0.25, 0.3) is 0 Å². The number of amides is 1. The van der Waals surface area contributed by atoms with E-state index in [1.807, 2.05) is 0 Å². The Labute approximate surface area is 86.6 Å². The van der Waals surface area contributed by atoms with Crippen LogP contribution in [0, 0.1) is 0 Å². The van der Waals surface area contributed by atoms with E-state index in [1.54, 1.807) is 18.2 Å². The lowest BCUT2D eigenvalue weighted by Crippen LogP contribution is -2.41. The van der Waals surface area contributed by atoms with Gasteiger partial charge in [-0.05, 0) is 18.2 Å². The van der Waals surface area contributed by atoms with Crippen molar-refractivity contribution in [1.82, 2.24) is 0 Å².